The summed E-state index contributed by atoms with van der Waals surface area (Å²) in [6.45, 7) is 1.71. The quantitative estimate of drug-likeness (QED) is 0.495. The van der Waals surface area contributed by atoms with Crippen molar-refractivity contribution in [3.63, 3.8) is 0 Å². The molecule has 1 aromatic rings. The summed E-state index contributed by atoms with van der Waals surface area (Å²) in [5, 5.41) is 17.4. The zero-order valence-electron chi connectivity index (χ0n) is 6.44. The van der Waals surface area contributed by atoms with E-state index in [0.717, 1.165) is 0 Å². The number of carbonyl (C=O) groups is 1. The summed E-state index contributed by atoms with van der Waals surface area (Å²) in [6, 6.07) is 4.31. The van der Waals surface area contributed by atoms with Gasteiger partial charge >= 0.3 is 6.16 Å². The van der Waals surface area contributed by atoms with Crippen LogP contribution in [0, 0.1) is 6.92 Å². The third kappa shape index (κ3) is 1.88. The molecule has 0 saturated carbocycles. The molecule has 0 atom stereocenters. The summed E-state index contributed by atoms with van der Waals surface area (Å²) >= 11 is 0. The highest BCUT2D eigenvalue weighted by Gasteiger charge is 2.02. The second kappa shape index (κ2) is 3.13. The van der Waals surface area contributed by atoms with Gasteiger partial charge in [-0.05, 0) is 18.6 Å². The molecule has 1 aromatic carbocycles. The topological polar surface area (TPSA) is 66.8 Å². The largest absolute Gasteiger partial charge is 0.511 e. The van der Waals surface area contributed by atoms with Crippen LogP contribution in [0.25, 0.3) is 0 Å². The zero-order chi connectivity index (χ0) is 9.14. The second-order valence-corrected chi connectivity index (χ2v) is 2.32. The maximum Gasteiger partial charge on any atom is 0.511 e. The van der Waals surface area contributed by atoms with E-state index in [1.807, 2.05) is 0 Å². The van der Waals surface area contributed by atoms with Crippen LogP contribution in [0.4, 0.5) is 4.79 Å². The van der Waals surface area contributed by atoms with E-state index in [1.165, 1.54) is 12.1 Å². The molecule has 0 heterocycles. The number of carboxylic acid groups (broad SMARTS) is 1. The van der Waals surface area contributed by atoms with Crippen molar-refractivity contribution < 1.29 is 19.7 Å². The molecule has 0 unspecified atom stereocenters. The van der Waals surface area contributed by atoms with E-state index in [4.69, 9.17) is 10.2 Å². The lowest BCUT2D eigenvalue weighted by molar-refractivity contribution is 0.144. The van der Waals surface area contributed by atoms with Gasteiger partial charge in [0.15, 0.2) is 0 Å². The molecule has 0 spiro atoms. The Bertz CT molecular complexity index is 306. The molecule has 0 saturated heterocycles. The van der Waals surface area contributed by atoms with Crippen LogP contribution >= 0.6 is 0 Å². The van der Waals surface area contributed by atoms with Crippen LogP contribution in [0.1, 0.15) is 5.56 Å². The molecule has 0 radical (unpaired) electrons. The van der Waals surface area contributed by atoms with Crippen molar-refractivity contribution in [2.24, 2.45) is 0 Å². The number of hydrogen-bond donors (Lipinski definition) is 2. The molecule has 0 aromatic heterocycles. The summed E-state index contributed by atoms with van der Waals surface area (Å²) in [7, 11) is 0. The van der Waals surface area contributed by atoms with Gasteiger partial charge in [-0.15, -0.1) is 0 Å². The van der Waals surface area contributed by atoms with Gasteiger partial charge in [-0.25, -0.2) is 4.79 Å². The van der Waals surface area contributed by atoms with Crippen molar-refractivity contribution in [2.45, 2.75) is 6.92 Å². The first-order valence-electron chi connectivity index (χ1n) is 3.30. The summed E-state index contributed by atoms with van der Waals surface area (Å²) in [6.07, 6.45) is -1.39. The van der Waals surface area contributed by atoms with Crippen LogP contribution in [0.2, 0.25) is 0 Å². The predicted octanol–water partition coefficient (Wildman–Crippen LogP) is 1.76. The van der Waals surface area contributed by atoms with Gasteiger partial charge in [0.1, 0.15) is 11.5 Å². The lowest BCUT2D eigenvalue weighted by Gasteiger charge is -2.01. The third-order valence-electron chi connectivity index (χ3n) is 1.39. The first-order chi connectivity index (χ1) is 5.59. The van der Waals surface area contributed by atoms with Crippen LogP contribution in [-0.4, -0.2) is 16.4 Å². The summed E-state index contributed by atoms with van der Waals surface area (Å²) < 4.78 is 4.31. The molecule has 64 valence electrons. The van der Waals surface area contributed by atoms with E-state index >= 15 is 0 Å². The smallest absolute Gasteiger partial charge is 0.508 e. The lowest BCUT2D eigenvalue weighted by Crippen LogP contribution is -2.02. The number of ether oxygens (including phenoxy) is 1. The van der Waals surface area contributed by atoms with E-state index in [-0.39, 0.29) is 11.5 Å². The van der Waals surface area contributed by atoms with Gasteiger partial charge in [0, 0.05) is 6.07 Å². The minimum Gasteiger partial charge on any atom is -0.508 e. The van der Waals surface area contributed by atoms with Crippen molar-refractivity contribution >= 4 is 6.16 Å². The SMILES string of the molecule is Cc1ccc(OC(=O)O)cc1O. The molecule has 4 heteroatoms. The second-order valence-electron chi connectivity index (χ2n) is 2.32. The Balaban J connectivity index is 2.89. The first kappa shape index (κ1) is 8.39. The monoisotopic (exact) mass is 168 g/mol. The normalized spacial score (nSPS) is 9.42. The van der Waals surface area contributed by atoms with E-state index in [1.54, 1.807) is 13.0 Å². The van der Waals surface area contributed by atoms with Crippen LogP contribution < -0.4 is 4.74 Å². The number of phenols is 1. The van der Waals surface area contributed by atoms with E-state index in [2.05, 4.69) is 4.74 Å². The molecule has 12 heavy (non-hydrogen) atoms. The van der Waals surface area contributed by atoms with Crippen LogP contribution in [0.3, 0.4) is 0 Å². The highest BCUT2D eigenvalue weighted by molar-refractivity contribution is 5.61. The van der Waals surface area contributed by atoms with Gasteiger partial charge in [0.05, 0.1) is 0 Å². The fourth-order valence-corrected chi connectivity index (χ4v) is 0.754. The summed E-state index contributed by atoms with van der Waals surface area (Å²) in [5.41, 5.74) is 0.674. The minimum absolute atomic E-state index is 0.0220. The van der Waals surface area contributed by atoms with Crippen molar-refractivity contribution in [3.05, 3.63) is 23.8 Å². The van der Waals surface area contributed by atoms with Crippen LogP contribution in [0.15, 0.2) is 18.2 Å². The highest BCUT2D eigenvalue weighted by atomic mass is 16.7. The van der Waals surface area contributed by atoms with Gasteiger partial charge in [-0.3, -0.25) is 0 Å². The Morgan fingerprint density at radius 2 is 2.17 bits per heavy atom. The van der Waals surface area contributed by atoms with Gasteiger partial charge < -0.3 is 14.9 Å². The number of phenolic OH excluding ortho intramolecular Hbond substituents is 1. The van der Waals surface area contributed by atoms with Gasteiger partial charge in [0.2, 0.25) is 0 Å². The summed E-state index contributed by atoms with van der Waals surface area (Å²) in [4.78, 5) is 10.1. The number of aromatic hydroxyl groups is 1. The van der Waals surface area contributed by atoms with Crippen molar-refractivity contribution in [1.82, 2.24) is 0 Å². The van der Waals surface area contributed by atoms with Crippen molar-refractivity contribution in [2.75, 3.05) is 0 Å². The maximum atomic E-state index is 10.1. The first-order valence-corrected chi connectivity index (χ1v) is 3.30. The summed E-state index contributed by atoms with van der Waals surface area (Å²) in [5.74, 6) is 0.138. The number of benzene rings is 1. The molecule has 0 aliphatic heterocycles. The van der Waals surface area contributed by atoms with Gasteiger partial charge in [-0.2, -0.15) is 0 Å². The molecule has 4 nitrogen and oxygen atoms in total. The minimum atomic E-state index is -1.39. The Labute approximate surface area is 69.0 Å². The Morgan fingerprint density at radius 1 is 1.50 bits per heavy atom. The molecular weight excluding hydrogens is 160 g/mol. The van der Waals surface area contributed by atoms with Crippen LogP contribution in [-0.2, 0) is 0 Å². The van der Waals surface area contributed by atoms with E-state index in [9.17, 15) is 4.79 Å². The Morgan fingerprint density at radius 3 is 2.67 bits per heavy atom. The molecule has 0 aliphatic rings. The average Bonchev–Trinajstić information content (AvgIpc) is 1.96. The molecule has 0 bridgehead atoms. The maximum absolute atomic E-state index is 10.1. The van der Waals surface area contributed by atoms with Crippen molar-refractivity contribution in [3.8, 4) is 11.5 Å². The van der Waals surface area contributed by atoms with Gasteiger partial charge in [-0.1, -0.05) is 6.07 Å². The van der Waals surface area contributed by atoms with E-state index < -0.39 is 6.16 Å². The van der Waals surface area contributed by atoms with Gasteiger partial charge in [0.25, 0.3) is 0 Å². The molecule has 0 amide bonds. The molecule has 2 N–H and O–H groups in total. The zero-order valence-corrected chi connectivity index (χ0v) is 6.44. The Kier molecular flexibility index (Phi) is 2.19. The molecule has 0 aliphatic carbocycles. The predicted molar refractivity (Wildman–Crippen MR) is 41.5 cm³/mol. The molecule has 0 fully saturated rings. The molecular formula is C8H8O4. The Hall–Kier alpha value is -1.71. The van der Waals surface area contributed by atoms with E-state index in [0.29, 0.717) is 5.56 Å². The fraction of sp³-hybridized carbons (Fsp3) is 0.125. The lowest BCUT2D eigenvalue weighted by atomic mass is 10.2. The van der Waals surface area contributed by atoms with Crippen molar-refractivity contribution in [1.29, 1.82) is 0 Å². The number of aryl methyl sites for hydroxylation is 1. The number of hydrogen-bond acceptors (Lipinski definition) is 3. The molecule has 1 rings (SSSR count). The highest BCUT2D eigenvalue weighted by Crippen LogP contribution is 2.22. The third-order valence-corrected chi connectivity index (χ3v) is 1.39. The standard InChI is InChI=1S/C8H8O4/c1-5-2-3-6(4-7(5)9)12-8(10)11/h2-4,9H,1H3,(H,10,11). The van der Waals surface area contributed by atoms with Crippen LogP contribution in [0.5, 0.6) is 11.5 Å². The average molecular weight is 168 g/mol. The fourth-order valence-electron chi connectivity index (χ4n) is 0.754. The number of rotatable bonds is 1.